The van der Waals surface area contributed by atoms with Gasteiger partial charge in [-0.1, -0.05) is 6.92 Å². The number of aryl methyl sites for hydroxylation is 1. The van der Waals surface area contributed by atoms with Crippen LogP contribution < -0.4 is 0 Å². The molecular formula is C9H12BrNO2S. The van der Waals surface area contributed by atoms with Gasteiger partial charge in [-0.2, -0.15) is 0 Å². The predicted octanol–water partition coefficient (Wildman–Crippen LogP) is 2.09. The Balaban J connectivity index is 3.03. The fraction of sp³-hybridized carbons (Fsp3) is 0.444. The largest absolute Gasteiger partial charge is 0.260 e. The first kappa shape index (κ1) is 11.7. The zero-order valence-electron chi connectivity index (χ0n) is 8.12. The standard InChI is InChI=1S/C9H12BrNO2S/c1-3-14(12,13)6-8-4-9(10)5-11-7(8)2/h4-5H,3,6H2,1-2H3. The molecule has 0 fully saturated rings. The van der Waals surface area contributed by atoms with Crippen molar-refractivity contribution < 1.29 is 8.42 Å². The van der Waals surface area contributed by atoms with Crippen LogP contribution in [0.15, 0.2) is 16.7 Å². The van der Waals surface area contributed by atoms with Gasteiger partial charge in [0.25, 0.3) is 0 Å². The third kappa shape index (κ3) is 3.06. The molecule has 0 aromatic carbocycles. The number of rotatable bonds is 3. The van der Waals surface area contributed by atoms with E-state index >= 15 is 0 Å². The van der Waals surface area contributed by atoms with Crippen molar-refractivity contribution in [3.05, 3.63) is 28.0 Å². The van der Waals surface area contributed by atoms with E-state index in [2.05, 4.69) is 20.9 Å². The summed E-state index contributed by atoms with van der Waals surface area (Å²) in [6.07, 6.45) is 1.66. The number of nitrogens with zero attached hydrogens (tertiary/aromatic N) is 1. The van der Waals surface area contributed by atoms with Gasteiger partial charge in [-0.15, -0.1) is 0 Å². The first-order chi connectivity index (χ1) is 6.44. The topological polar surface area (TPSA) is 47.0 Å². The second-order valence-electron chi connectivity index (χ2n) is 3.07. The number of aromatic nitrogens is 1. The molecule has 0 amide bonds. The molecule has 0 N–H and O–H groups in total. The Kier molecular flexibility index (Phi) is 3.66. The van der Waals surface area contributed by atoms with Gasteiger partial charge in [-0.3, -0.25) is 4.98 Å². The fourth-order valence-electron chi connectivity index (χ4n) is 1.03. The van der Waals surface area contributed by atoms with Gasteiger partial charge in [0.15, 0.2) is 9.84 Å². The Hall–Kier alpha value is -0.420. The molecule has 0 atom stereocenters. The third-order valence-corrected chi connectivity index (χ3v) is 4.04. The summed E-state index contributed by atoms with van der Waals surface area (Å²) in [5, 5.41) is 0. The van der Waals surface area contributed by atoms with Crippen LogP contribution >= 0.6 is 15.9 Å². The molecule has 1 heterocycles. The lowest BCUT2D eigenvalue weighted by molar-refractivity contribution is 0.596. The summed E-state index contributed by atoms with van der Waals surface area (Å²) in [6, 6.07) is 1.80. The van der Waals surface area contributed by atoms with E-state index in [1.54, 1.807) is 19.2 Å². The van der Waals surface area contributed by atoms with E-state index in [9.17, 15) is 8.42 Å². The highest BCUT2D eigenvalue weighted by Crippen LogP contribution is 2.16. The molecule has 0 bridgehead atoms. The van der Waals surface area contributed by atoms with E-state index in [4.69, 9.17) is 0 Å². The van der Waals surface area contributed by atoms with Crippen LogP contribution in [0, 0.1) is 6.92 Å². The van der Waals surface area contributed by atoms with Crippen LogP contribution in [0.4, 0.5) is 0 Å². The van der Waals surface area contributed by atoms with Crippen LogP contribution in [0.3, 0.4) is 0 Å². The summed E-state index contributed by atoms with van der Waals surface area (Å²) in [6.45, 7) is 3.46. The maximum atomic E-state index is 11.4. The molecule has 0 saturated carbocycles. The Morgan fingerprint density at radius 3 is 2.71 bits per heavy atom. The van der Waals surface area contributed by atoms with Crippen molar-refractivity contribution in [3.63, 3.8) is 0 Å². The van der Waals surface area contributed by atoms with E-state index in [0.29, 0.717) is 0 Å². The molecule has 0 aliphatic carbocycles. The molecule has 0 unspecified atom stereocenters. The quantitative estimate of drug-likeness (QED) is 0.850. The molecule has 5 heteroatoms. The third-order valence-electron chi connectivity index (χ3n) is 1.97. The number of sulfone groups is 1. The van der Waals surface area contributed by atoms with Gasteiger partial charge in [0.1, 0.15) is 0 Å². The Labute approximate surface area is 92.6 Å². The Bertz CT molecular complexity index is 428. The minimum Gasteiger partial charge on any atom is -0.260 e. The lowest BCUT2D eigenvalue weighted by atomic mass is 10.2. The SMILES string of the molecule is CCS(=O)(=O)Cc1cc(Br)cnc1C. The van der Waals surface area contributed by atoms with Gasteiger partial charge in [0, 0.05) is 22.1 Å². The molecular weight excluding hydrogens is 266 g/mol. The van der Waals surface area contributed by atoms with Gasteiger partial charge >= 0.3 is 0 Å². The first-order valence-electron chi connectivity index (χ1n) is 4.26. The minimum atomic E-state index is -2.97. The van der Waals surface area contributed by atoms with Crippen LogP contribution in [-0.2, 0) is 15.6 Å². The van der Waals surface area contributed by atoms with Gasteiger partial charge in [-0.25, -0.2) is 8.42 Å². The maximum absolute atomic E-state index is 11.4. The van der Waals surface area contributed by atoms with Crippen molar-refractivity contribution in [2.45, 2.75) is 19.6 Å². The van der Waals surface area contributed by atoms with Crippen LogP contribution in [0.1, 0.15) is 18.2 Å². The number of hydrogen-bond donors (Lipinski definition) is 0. The highest BCUT2D eigenvalue weighted by molar-refractivity contribution is 9.10. The van der Waals surface area contributed by atoms with Gasteiger partial charge in [0.2, 0.25) is 0 Å². The van der Waals surface area contributed by atoms with Crippen LogP contribution in [0.5, 0.6) is 0 Å². The van der Waals surface area contributed by atoms with E-state index in [-0.39, 0.29) is 11.5 Å². The second kappa shape index (κ2) is 4.40. The van der Waals surface area contributed by atoms with Crippen molar-refractivity contribution in [2.75, 3.05) is 5.75 Å². The molecule has 14 heavy (non-hydrogen) atoms. The lowest BCUT2D eigenvalue weighted by Crippen LogP contribution is -2.08. The second-order valence-corrected chi connectivity index (χ2v) is 6.34. The molecule has 0 radical (unpaired) electrons. The average Bonchev–Trinajstić information content (AvgIpc) is 2.11. The Morgan fingerprint density at radius 1 is 1.50 bits per heavy atom. The average molecular weight is 278 g/mol. The summed E-state index contributed by atoms with van der Waals surface area (Å²) in [5.74, 6) is 0.237. The van der Waals surface area contributed by atoms with Crippen molar-refractivity contribution in [1.82, 2.24) is 4.98 Å². The van der Waals surface area contributed by atoms with E-state index in [0.717, 1.165) is 15.7 Å². The summed E-state index contributed by atoms with van der Waals surface area (Å²) in [4.78, 5) is 4.09. The van der Waals surface area contributed by atoms with Crippen molar-refractivity contribution in [2.24, 2.45) is 0 Å². The van der Waals surface area contributed by atoms with Gasteiger partial charge < -0.3 is 0 Å². The molecule has 78 valence electrons. The van der Waals surface area contributed by atoms with Crippen LogP contribution in [-0.4, -0.2) is 19.2 Å². The first-order valence-corrected chi connectivity index (χ1v) is 6.87. The molecule has 1 rings (SSSR count). The smallest absolute Gasteiger partial charge is 0.154 e. The Morgan fingerprint density at radius 2 is 2.14 bits per heavy atom. The summed E-state index contributed by atoms with van der Waals surface area (Å²) >= 11 is 3.27. The maximum Gasteiger partial charge on any atom is 0.154 e. The van der Waals surface area contributed by atoms with Crippen molar-refractivity contribution in [1.29, 1.82) is 0 Å². The zero-order valence-corrected chi connectivity index (χ0v) is 10.5. The van der Waals surface area contributed by atoms with Crippen molar-refractivity contribution >= 4 is 25.8 Å². The van der Waals surface area contributed by atoms with Gasteiger partial charge in [0.05, 0.1) is 5.75 Å². The fourth-order valence-corrected chi connectivity index (χ4v) is 2.38. The lowest BCUT2D eigenvalue weighted by Gasteiger charge is -2.05. The van der Waals surface area contributed by atoms with E-state index < -0.39 is 9.84 Å². The molecule has 0 aliphatic rings. The van der Waals surface area contributed by atoms with Crippen LogP contribution in [0.25, 0.3) is 0 Å². The molecule has 0 aliphatic heterocycles. The summed E-state index contributed by atoms with van der Waals surface area (Å²) in [7, 11) is -2.97. The monoisotopic (exact) mass is 277 g/mol. The number of pyridine rings is 1. The zero-order chi connectivity index (χ0) is 10.8. The molecule has 0 saturated heterocycles. The van der Waals surface area contributed by atoms with Crippen molar-refractivity contribution in [3.8, 4) is 0 Å². The molecule has 1 aromatic rings. The highest BCUT2D eigenvalue weighted by atomic mass is 79.9. The summed E-state index contributed by atoms with van der Waals surface area (Å²) in [5.41, 5.74) is 1.53. The predicted molar refractivity (Wildman–Crippen MR) is 59.8 cm³/mol. The van der Waals surface area contributed by atoms with Crippen LogP contribution in [0.2, 0.25) is 0 Å². The molecule has 1 aromatic heterocycles. The van der Waals surface area contributed by atoms with E-state index in [1.807, 2.05) is 6.92 Å². The summed E-state index contributed by atoms with van der Waals surface area (Å²) < 4.78 is 23.6. The highest BCUT2D eigenvalue weighted by Gasteiger charge is 2.11. The molecule has 0 spiro atoms. The number of hydrogen-bond acceptors (Lipinski definition) is 3. The van der Waals surface area contributed by atoms with Gasteiger partial charge in [-0.05, 0) is 34.5 Å². The van der Waals surface area contributed by atoms with E-state index in [1.165, 1.54) is 0 Å². The number of halogens is 1. The minimum absolute atomic E-state index is 0.0712. The molecule has 3 nitrogen and oxygen atoms in total. The normalized spacial score (nSPS) is 11.6.